The highest BCUT2D eigenvalue weighted by Gasteiger charge is 2.43. The van der Waals surface area contributed by atoms with Crippen LogP contribution in [0.15, 0.2) is 0 Å². The van der Waals surface area contributed by atoms with Crippen LogP contribution in [0.25, 0.3) is 0 Å². The molecular formula is C8H15F2N. The van der Waals surface area contributed by atoms with Crippen LogP contribution in [0.2, 0.25) is 0 Å². The summed E-state index contributed by atoms with van der Waals surface area (Å²) in [5.41, 5.74) is 5.26. The summed E-state index contributed by atoms with van der Waals surface area (Å²) >= 11 is 0. The van der Waals surface area contributed by atoms with Crippen molar-refractivity contribution in [2.75, 3.05) is 6.54 Å². The van der Waals surface area contributed by atoms with Crippen LogP contribution in [-0.4, -0.2) is 12.5 Å². The fourth-order valence-electron chi connectivity index (χ4n) is 1.58. The Hall–Kier alpha value is -0.180. The molecule has 0 aromatic rings. The topological polar surface area (TPSA) is 26.0 Å². The predicted octanol–water partition coefficient (Wildman–Crippen LogP) is 2.02. The molecule has 66 valence electrons. The summed E-state index contributed by atoms with van der Waals surface area (Å²) in [5, 5.41) is 0. The molecule has 0 aliphatic heterocycles. The smallest absolute Gasteiger partial charge is 0.248 e. The lowest BCUT2D eigenvalue weighted by atomic mass is 9.93. The maximum Gasteiger partial charge on any atom is 0.248 e. The normalized spacial score (nSPS) is 21.8. The second kappa shape index (κ2) is 3.05. The van der Waals surface area contributed by atoms with Crippen molar-refractivity contribution in [1.82, 2.24) is 0 Å². The molecule has 0 heterocycles. The van der Waals surface area contributed by atoms with Crippen molar-refractivity contribution < 1.29 is 8.78 Å². The molecule has 11 heavy (non-hydrogen) atoms. The zero-order valence-corrected chi connectivity index (χ0v) is 6.82. The van der Waals surface area contributed by atoms with Gasteiger partial charge < -0.3 is 5.73 Å². The molecule has 0 radical (unpaired) electrons. The first-order valence-corrected chi connectivity index (χ1v) is 4.13. The Kier molecular flexibility index (Phi) is 2.47. The molecule has 1 nitrogen and oxygen atoms in total. The lowest BCUT2D eigenvalue weighted by Crippen LogP contribution is -2.28. The zero-order chi connectivity index (χ0) is 8.48. The van der Waals surface area contributed by atoms with Gasteiger partial charge in [-0.3, -0.25) is 0 Å². The highest BCUT2D eigenvalue weighted by atomic mass is 19.3. The van der Waals surface area contributed by atoms with Crippen molar-refractivity contribution in [3.05, 3.63) is 0 Å². The first-order chi connectivity index (χ1) is 5.05. The van der Waals surface area contributed by atoms with Crippen molar-refractivity contribution >= 4 is 0 Å². The Morgan fingerprint density at radius 2 is 2.09 bits per heavy atom. The van der Waals surface area contributed by atoms with Crippen LogP contribution in [0.5, 0.6) is 0 Å². The molecule has 0 bridgehead atoms. The van der Waals surface area contributed by atoms with E-state index in [0.29, 0.717) is 13.0 Å². The average molecular weight is 163 g/mol. The van der Waals surface area contributed by atoms with E-state index < -0.39 is 11.8 Å². The Morgan fingerprint density at radius 3 is 2.36 bits per heavy atom. The zero-order valence-electron chi connectivity index (χ0n) is 6.82. The predicted molar refractivity (Wildman–Crippen MR) is 40.5 cm³/mol. The van der Waals surface area contributed by atoms with E-state index in [1.54, 1.807) is 0 Å². The molecule has 1 aliphatic rings. The standard InChI is InChI=1S/C8H15F2N/c1-8(9,10)7(4-5-11)6-2-3-6/h6-7H,2-5,11H2,1H3. The van der Waals surface area contributed by atoms with Crippen molar-refractivity contribution in [3.63, 3.8) is 0 Å². The van der Waals surface area contributed by atoms with Crippen LogP contribution < -0.4 is 5.73 Å². The Labute approximate surface area is 66.0 Å². The average Bonchev–Trinajstić information content (AvgIpc) is 2.61. The second-order valence-electron chi connectivity index (χ2n) is 3.48. The summed E-state index contributed by atoms with van der Waals surface area (Å²) in [6, 6.07) is 0. The highest BCUT2D eigenvalue weighted by molar-refractivity contribution is 4.87. The molecular weight excluding hydrogens is 148 g/mol. The summed E-state index contributed by atoms with van der Waals surface area (Å²) < 4.78 is 25.6. The fraction of sp³-hybridized carbons (Fsp3) is 1.00. The van der Waals surface area contributed by atoms with Gasteiger partial charge in [-0.1, -0.05) is 0 Å². The first-order valence-electron chi connectivity index (χ1n) is 4.13. The van der Waals surface area contributed by atoms with E-state index in [1.165, 1.54) is 0 Å². The maximum absolute atomic E-state index is 12.8. The molecule has 1 unspecified atom stereocenters. The molecule has 0 aromatic heterocycles. The van der Waals surface area contributed by atoms with Crippen LogP contribution in [0.1, 0.15) is 26.2 Å². The van der Waals surface area contributed by atoms with Gasteiger partial charge in [-0.05, 0) is 38.6 Å². The third kappa shape index (κ3) is 2.40. The van der Waals surface area contributed by atoms with E-state index in [0.717, 1.165) is 19.8 Å². The van der Waals surface area contributed by atoms with Gasteiger partial charge in [-0.25, -0.2) is 8.78 Å². The molecule has 1 fully saturated rings. The highest BCUT2D eigenvalue weighted by Crippen LogP contribution is 2.45. The van der Waals surface area contributed by atoms with Gasteiger partial charge in [-0.2, -0.15) is 0 Å². The van der Waals surface area contributed by atoms with Crippen molar-refractivity contribution in [2.45, 2.75) is 32.1 Å². The number of hydrogen-bond donors (Lipinski definition) is 1. The summed E-state index contributed by atoms with van der Waals surface area (Å²) in [5.74, 6) is -2.74. The molecule has 1 rings (SSSR count). The van der Waals surface area contributed by atoms with Gasteiger partial charge in [0.1, 0.15) is 0 Å². The van der Waals surface area contributed by atoms with Gasteiger partial charge in [0.15, 0.2) is 0 Å². The van der Waals surface area contributed by atoms with Gasteiger partial charge in [0.25, 0.3) is 0 Å². The molecule has 0 aromatic carbocycles. The fourth-order valence-corrected chi connectivity index (χ4v) is 1.58. The molecule has 3 heteroatoms. The van der Waals surface area contributed by atoms with Crippen LogP contribution in [0.3, 0.4) is 0 Å². The Bertz CT molecular complexity index is 127. The monoisotopic (exact) mass is 163 g/mol. The Morgan fingerprint density at radius 1 is 1.55 bits per heavy atom. The minimum atomic E-state index is -2.53. The minimum Gasteiger partial charge on any atom is -0.330 e. The summed E-state index contributed by atoms with van der Waals surface area (Å²) in [6.07, 6.45) is 2.40. The van der Waals surface area contributed by atoms with Crippen molar-refractivity contribution in [3.8, 4) is 0 Å². The molecule has 1 atom stereocenters. The Balaban J connectivity index is 2.44. The third-order valence-corrected chi connectivity index (χ3v) is 2.32. The van der Waals surface area contributed by atoms with Crippen molar-refractivity contribution in [2.24, 2.45) is 17.6 Å². The number of nitrogens with two attached hydrogens (primary N) is 1. The van der Waals surface area contributed by atoms with E-state index in [2.05, 4.69) is 0 Å². The molecule has 2 N–H and O–H groups in total. The van der Waals surface area contributed by atoms with E-state index in [4.69, 9.17) is 5.73 Å². The van der Waals surface area contributed by atoms with Gasteiger partial charge in [0, 0.05) is 5.92 Å². The number of hydrogen-bond acceptors (Lipinski definition) is 1. The SMILES string of the molecule is CC(F)(F)C(CCN)C1CC1. The van der Waals surface area contributed by atoms with Gasteiger partial charge in [0.05, 0.1) is 0 Å². The third-order valence-electron chi connectivity index (χ3n) is 2.32. The van der Waals surface area contributed by atoms with E-state index in [9.17, 15) is 8.78 Å². The lowest BCUT2D eigenvalue weighted by molar-refractivity contribution is -0.0507. The van der Waals surface area contributed by atoms with Gasteiger partial charge in [0.2, 0.25) is 5.92 Å². The first kappa shape index (κ1) is 8.91. The van der Waals surface area contributed by atoms with Gasteiger partial charge >= 0.3 is 0 Å². The van der Waals surface area contributed by atoms with Crippen LogP contribution in [-0.2, 0) is 0 Å². The van der Waals surface area contributed by atoms with E-state index in [-0.39, 0.29) is 5.92 Å². The minimum absolute atomic E-state index is 0.249. The molecule has 0 amide bonds. The van der Waals surface area contributed by atoms with E-state index in [1.807, 2.05) is 0 Å². The number of alkyl halides is 2. The molecule has 1 aliphatic carbocycles. The number of halogens is 2. The molecule has 0 saturated heterocycles. The quantitative estimate of drug-likeness (QED) is 0.674. The van der Waals surface area contributed by atoms with Crippen molar-refractivity contribution in [1.29, 1.82) is 0 Å². The maximum atomic E-state index is 12.8. The summed E-state index contributed by atoms with van der Waals surface area (Å²) in [7, 11) is 0. The number of rotatable bonds is 4. The van der Waals surface area contributed by atoms with Gasteiger partial charge in [-0.15, -0.1) is 0 Å². The van der Waals surface area contributed by atoms with E-state index >= 15 is 0 Å². The van der Waals surface area contributed by atoms with Crippen LogP contribution in [0, 0.1) is 11.8 Å². The summed E-state index contributed by atoms with van der Waals surface area (Å²) in [4.78, 5) is 0. The molecule has 0 spiro atoms. The van der Waals surface area contributed by atoms with Crippen LogP contribution in [0.4, 0.5) is 8.78 Å². The summed E-state index contributed by atoms with van der Waals surface area (Å²) in [6.45, 7) is 1.39. The molecule has 1 saturated carbocycles. The van der Waals surface area contributed by atoms with Crippen LogP contribution >= 0.6 is 0 Å². The second-order valence-corrected chi connectivity index (χ2v) is 3.48. The largest absolute Gasteiger partial charge is 0.330 e. The lowest BCUT2D eigenvalue weighted by Gasteiger charge is -2.22.